The topological polar surface area (TPSA) is 71.0 Å². The van der Waals surface area contributed by atoms with E-state index in [1.54, 1.807) is 24.3 Å². The Balaban J connectivity index is 1.48. The van der Waals surface area contributed by atoms with Gasteiger partial charge in [0.2, 0.25) is 0 Å². The van der Waals surface area contributed by atoms with E-state index in [2.05, 4.69) is 32.3 Å². The van der Waals surface area contributed by atoms with E-state index in [1.807, 2.05) is 12.1 Å². The van der Waals surface area contributed by atoms with Gasteiger partial charge in [0.05, 0.1) is 25.4 Å². The lowest BCUT2D eigenvalue weighted by Crippen LogP contribution is -2.32. The molecular formula is C19H19N3O3. The number of ether oxygens (including phenoxy) is 1. The van der Waals surface area contributed by atoms with E-state index in [-0.39, 0.29) is 11.9 Å². The first-order valence-corrected chi connectivity index (χ1v) is 7.95. The number of nitrogens with zero attached hydrogens (tertiary/aromatic N) is 2. The number of methoxy groups -OCH3 is 1. The summed E-state index contributed by atoms with van der Waals surface area (Å²) in [5.74, 6) is -0.543. The van der Waals surface area contributed by atoms with Crippen molar-refractivity contribution in [2.45, 2.75) is 13.1 Å². The smallest absolute Gasteiger partial charge is 0.337 e. The molecule has 2 aromatic carbocycles. The zero-order valence-corrected chi connectivity index (χ0v) is 13.9. The molecule has 0 bridgehead atoms. The van der Waals surface area contributed by atoms with Crippen molar-refractivity contribution in [1.82, 2.24) is 10.3 Å². The first-order valence-electron chi connectivity index (χ1n) is 7.95. The molecule has 0 saturated heterocycles. The van der Waals surface area contributed by atoms with Crippen LogP contribution in [0.4, 0.5) is 0 Å². The van der Waals surface area contributed by atoms with Crippen LogP contribution >= 0.6 is 0 Å². The number of carbonyl (C=O) groups is 2. The number of benzene rings is 2. The minimum absolute atomic E-state index is 0.157. The molecule has 1 aliphatic heterocycles. The monoisotopic (exact) mass is 337 g/mol. The number of rotatable bonds is 5. The normalized spacial score (nSPS) is 13.6. The lowest BCUT2D eigenvalue weighted by Gasteiger charge is -2.12. The highest BCUT2D eigenvalue weighted by Crippen LogP contribution is 2.21. The summed E-state index contributed by atoms with van der Waals surface area (Å²) in [4.78, 5) is 25.4. The van der Waals surface area contributed by atoms with Gasteiger partial charge in [0, 0.05) is 13.1 Å². The minimum Gasteiger partial charge on any atom is -0.465 e. The fourth-order valence-electron chi connectivity index (χ4n) is 2.76. The van der Waals surface area contributed by atoms with Crippen LogP contribution in [0.25, 0.3) is 0 Å². The average molecular weight is 337 g/mol. The Hall–Kier alpha value is -2.99. The summed E-state index contributed by atoms with van der Waals surface area (Å²) in [6, 6.07) is 15.0. The lowest BCUT2D eigenvalue weighted by atomic mass is 10.1. The molecule has 0 aromatic heterocycles. The third-order valence-corrected chi connectivity index (χ3v) is 4.01. The number of amides is 1. The van der Waals surface area contributed by atoms with Gasteiger partial charge in [0.15, 0.2) is 0 Å². The van der Waals surface area contributed by atoms with Crippen LogP contribution in [0.5, 0.6) is 0 Å². The Morgan fingerprint density at radius 1 is 1.12 bits per heavy atom. The van der Waals surface area contributed by atoms with Crippen molar-refractivity contribution in [3.63, 3.8) is 0 Å². The molecule has 1 amide bonds. The van der Waals surface area contributed by atoms with Gasteiger partial charge < -0.3 is 4.74 Å². The SMILES string of the molecule is COC(=O)c1ccc(/C=N\NC(=O)CN2Cc3ccccc3C2)cc1. The van der Waals surface area contributed by atoms with E-state index < -0.39 is 0 Å². The molecule has 1 aliphatic rings. The van der Waals surface area contributed by atoms with Gasteiger partial charge in [-0.25, -0.2) is 10.2 Å². The van der Waals surface area contributed by atoms with Crippen molar-refractivity contribution < 1.29 is 14.3 Å². The van der Waals surface area contributed by atoms with E-state index in [1.165, 1.54) is 24.5 Å². The Bertz CT molecular complexity index is 775. The van der Waals surface area contributed by atoms with Gasteiger partial charge in [-0.2, -0.15) is 5.10 Å². The number of hydrazone groups is 1. The van der Waals surface area contributed by atoms with Gasteiger partial charge in [0.25, 0.3) is 5.91 Å². The first kappa shape index (κ1) is 16.9. The maximum atomic E-state index is 12.0. The number of esters is 1. The van der Waals surface area contributed by atoms with Crippen molar-refractivity contribution in [1.29, 1.82) is 0 Å². The van der Waals surface area contributed by atoms with E-state index in [0.29, 0.717) is 12.1 Å². The second kappa shape index (κ2) is 7.72. The van der Waals surface area contributed by atoms with Gasteiger partial charge in [-0.1, -0.05) is 36.4 Å². The van der Waals surface area contributed by atoms with E-state index in [0.717, 1.165) is 18.7 Å². The second-order valence-corrected chi connectivity index (χ2v) is 5.82. The number of hydrogen-bond acceptors (Lipinski definition) is 5. The molecule has 0 atom stereocenters. The van der Waals surface area contributed by atoms with Gasteiger partial charge in [-0.15, -0.1) is 0 Å². The number of nitrogens with one attached hydrogen (secondary N) is 1. The van der Waals surface area contributed by atoms with Gasteiger partial charge in [-0.3, -0.25) is 9.69 Å². The summed E-state index contributed by atoms with van der Waals surface area (Å²) in [7, 11) is 1.34. The minimum atomic E-state index is -0.386. The van der Waals surface area contributed by atoms with Crippen LogP contribution in [0.2, 0.25) is 0 Å². The van der Waals surface area contributed by atoms with Crippen molar-refractivity contribution in [3.05, 3.63) is 70.8 Å². The highest BCUT2D eigenvalue weighted by molar-refractivity contribution is 5.90. The van der Waals surface area contributed by atoms with E-state index in [9.17, 15) is 9.59 Å². The Morgan fingerprint density at radius 3 is 2.36 bits per heavy atom. The molecule has 6 heteroatoms. The molecule has 1 heterocycles. The standard InChI is InChI=1S/C19H19N3O3/c1-25-19(24)15-8-6-14(7-9-15)10-20-21-18(23)13-22-11-16-4-2-3-5-17(16)12-22/h2-10H,11-13H2,1H3,(H,21,23)/b20-10-. The molecule has 0 aliphatic carbocycles. The largest absolute Gasteiger partial charge is 0.465 e. The van der Waals surface area contributed by atoms with Crippen molar-refractivity contribution in [2.24, 2.45) is 5.10 Å². The Labute approximate surface area is 146 Å². The molecule has 1 N–H and O–H groups in total. The fourth-order valence-corrected chi connectivity index (χ4v) is 2.76. The van der Waals surface area contributed by atoms with Crippen molar-refractivity contribution in [3.8, 4) is 0 Å². The van der Waals surface area contributed by atoms with Crippen LogP contribution in [-0.4, -0.2) is 36.6 Å². The van der Waals surface area contributed by atoms with Crippen LogP contribution in [0.15, 0.2) is 53.6 Å². The maximum absolute atomic E-state index is 12.0. The fraction of sp³-hybridized carbons (Fsp3) is 0.211. The summed E-state index contributed by atoms with van der Waals surface area (Å²) in [6.45, 7) is 1.86. The third kappa shape index (κ3) is 4.30. The van der Waals surface area contributed by atoms with Gasteiger partial charge >= 0.3 is 5.97 Å². The number of carbonyl (C=O) groups excluding carboxylic acids is 2. The zero-order chi connectivity index (χ0) is 17.6. The molecular weight excluding hydrogens is 318 g/mol. The molecule has 3 rings (SSSR count). The van der Waals surface area contributed by atoms with Crippen molar-refractivity contribution in [2.75, 3.05) is 13.7 Å². The first-order chi connectivity index (χ1) is 12.2. The maximum Gasteiger partial charge on any atom is 0.337 e. The molecule has 0 radical (unpaired) electrons. The number of hydrogen-bond donors (Lipinski definition) is 1. The van der Waals surface area contributed by atoms with E-state index in [4.69, 9.17) is 0 Å². The summed E-state index contributed by atoms with van der Waals surface area (Å²) in [5.41, 5.74) is 6.32. The van der Waals surface area contributed by atoms with Crippen LogP contribution in [0.1, 0.15) is 27.0 Å². The van der Waals surface area contributed by atoms with Crippen LogP contribution in [0.3, 0.4) is 0 Å². The molecule has 0 fully saturated rings. The van der Waals surface area contributed by atoms with E-state index >= 15 is 0 Å². The summed E-state index contributed by atoms with van der Waals surface area (Å²) >= 11 is 0. The van der Waals surface area contributed by atoms with Crippen LogP contribution in [-0.2, 0) is 22.6 Å². The summed E-state index contributed by atoms with van der Waals surface area (Å²) in [6.07, 6.45) is 1.54. The van der Waals surface area contributed by atoms with Crippen molar-refractivity contribution >= 4 is 18.1 Å². The third-order valence-electron chi connectivity index (χ3n) is 4.01. The Kier molecular flexibility index (Phi) is 5.20. The zero-order valence-electron chi connectivity index (χ0n) is 13.9. The van der Waals surface area contributed by atoms with Gasteiger partial charge in [0.1, 0.15) is 0 Å². The van der Waals surface area contributed by atoms with Gasteiger partial charge in [-0.05, 0) is 28.8 Å². The molecule has 6 nitrogen and oxygen atoms in total. The predicted molar refractivity (Wildman–Crippen MR) is 94.1 cm³/mol. The second-order valence-electron chi connectivity index (χ2n) is 5.82. The predicted octanol–water partition coefficient (Wildman–Crippen LogP) is 1.94. The highest BCUT2D eigenvalue weighted by atomic mass is 16.5. The average Bonchev–Trinajstić information content (AvgIpc) is 3.03. The number of fused-ring (bicyclic) bond motifs is 1. The molecule has 0 spiro atoms. The summed E-state index contributed by atoms with van der Waals surface area (Å²) < 4.78 is 4.64. The summed E-state index contributed by atoms with van der Waals surface area (Å²) in [5, 5.41) is 3.96. The van der Waals surface area contributed by atoms with Crippen LogP contribution < -0.4 is 5.43 Å². The highest BCUT2D eigenvalue weighted by Gasteiger charge is 2.19. The molecule has 0 saturated carbocycles. The molecule has 0 unspecified atom stereocenters. The molecule has 2 aromatic rings. The van der Waals surface area contributed by atoms with Crippen LogP contribution in [0, 0.1) is 0 Å². The Morgan fingerprint density at radius 2 is 1.76 bits per heavy atom. The molecule has 25 heavy (non-hydrogen) atoms. The molecule has 128 valence electrons. The lowest BCUT2D eigenvalue weighted by molar-refractivity contribution is -0.122. The quantitative estimate of drug-likeness (QED) is 0.514.